The molecule has 22 heavy (non-hydrogen) atoms. The van der Waals surface area contributed by atoms with Crippen LogP contribution in [0.25, 0.3) is 11.1 Å². The van der Waals surface area contributed by atoms with Gasteiger partial charge in [-0.1, -0.05) is 0 Å². The Hall–Kier alpha value is -2.01. The average molecular weight is 382 g/mol. The molecule has 0 unspecified atom stereocenters. The Morgan fingerprint density at radius 1 is 1.05 bits per heavy atom. The van der Waals surface area contributed by atoms with E-state index in [1.54, 1.807) is 0 Å². The van der Waals surface area contributed by atoms with Gasteiger partial charge in [0.1, 0.15) is 0 Å². The van der Waals surface area contributed by atoms with Gasteiger partial charge >= 0.3 is 137 Å². The molecule has 0 aliphatic carbocycles. The molecule has 108 valence electrons. The summed E-state index contributed by atoms with van der Waals surface area (Å²) in [4.78, 5) is 3.87. The van der Waals surface area contributed by atoms with E-state index >= 15 is 0 Å². The van der Waals surface area contributed by atoms with Gasteiger partial charge in [-0.25, -0.2) is 0 Å². The van der Waals surface area contributed by atoms with Crippen LogP contribution in [0.15, 0.2) is 24.3 Å². The van der Waals surface area contributed by atoms with Crippen LogP contribution >= 0.6 is 11.6 Å². The molecule has 0 aliphatic rings. The third-order valence-electron chi connectivity index (χ3n) is 2.86. The number of hydrogen-bond acceptors (Lipinski definition) is 3. The van der Waals surface area contributed by atoms with Crippen LogP contribution in [-0.2, 0) is 6.18 Å². The maximum absolute atomic E-state index is 12.6. The van der Waals surface area contributed by atoms with E-state index in [9.17, 15) is 23.7 Å². The van der Waals surface area contributed by atoms with E-state index in [4.69, 9.17) is 11.6 Å². The van der Waals surface area contributed by atoms with Gasteiger partial charge in [0.15, 0.2) is 0 Å². The Kier molecular flexibility index (Phi) is 4.47. The molecule has 1 aromatic carbocycles. The van der Waals surface area contributed by atoms with Gasteiger partial charge in [0.05, 0.1) is 0 Å². The summed E-state index contributed by atoms with van der Waals surface area (Å²) >= 11 is 7.93. The molecule has 1 heterocycles. The zero-order chi connectivity index (χ0) is 16.5. The maximum atomic E-state index is 12.6. The van der Waals surface area contributed by atoms with Crippen molar-refractivity contribution in [2.24, 2.45) is 0 Å². The molecule has 0 N–H and O–H groups in total. The van der Waals surface area contributed by atoms with Gasteiger partial charge in [0.2, 0.25) is 0 Å². The summed E-state index contributed by atoms with van der Waals surface area (Å²) in [5.41, 5.74) is -0.318. The first-order valence-corrected chi connectivity index (χ1v) is 7.01. The van der Waals surface area contributed by atoms with E-state index in [1.165, 1.54) is 12.1 Å². The monoisotopic (exact) mass is 381 g/mol. The second-order valence-corrected chi connectivity index (χ2v) is 5.40. The van der Waals surface area contributed by atoms with Crippen molar-refractivity contribution in [3.05, 3.63) is 46.1 Å². The Morgan fingerprint density at radius 3 is 2.05 bits per heavy atom. The number of aromatic nitrogens is 1. The molecule has 0 spiro atoms. The van der Waals surface area contributed by atoms with Crippen molar-refractivity contribution in [3.63, 3.8) is 0 Å². The van der Waals surface area contributed by atoms with Gasteiger partial charge < -0.3 is 0 Å². The summed E-state index contributed by atoms with van der Waals surface area (Å²) < 4.78 is 38.1. The number of nitrogens with zero attached hydrogens (tertiary/aromatic N) is 3. The quantitative estimate of drug-likeness (QED) is 0.564. The number of halogens is 4. The normalized spacial score (nSPS) is 10.9. The van der Waals surface area contributed by atoms with E-state index in [2.05, 4.69) is 4.98 Å². The van der Waals surface area contributed by atoms with Gasteiger partial charge in [0, 0.05) is 0 Å². The van der Waals surface area contributed by atoms with Crippen LogP contribution in [-0.4, -0.2) is 21.8 Å². The van der Waals surface area contributed by atoms with Crippen molar-refractivity contribution in [1.29, 1.82) is 10.5 Å². The fourth-order valence-electron chi connectivity index (χ4n) is 1.87. The molecule has 8 heteroatoms. The second kappa shape index (κ2) is 6.00. The van der Waals surface area contributed by atoms with Crippen LogP contribution in [0.1, 0.15) is 16.7 Å². The number of alkyl halides is 3. The summed E-state index contributed by atoms with van der Waals surface area (Å²) in [5.74, 6) is 0. The average Bonchev–Trinajstić information content (AvgIpc) is 2.46. The van der Waals surface area contributed by atoms with Crippen molar-refractivity contribution in [1.82, 2.24) is 4.98 Å². The fourth-order valence-corrected chi connectivity index (χ4v) is 2.77. The molecule has 3 nitrogen and oxygen atoms in total. The van der Waals surface area contributed by atoms with Crippen molar-refractivity contribution in [2.45, 2.75) is 6.18 Å². The molecular weight excluding hydrogens is 378 g/mol. The Morgan fingerprint density at radius 2 is 1.59 bits per heavy atom. The van der Waals surface area contributed by atoms with Gasteiger partial charge in [-0.2, -0.15) is 0 Å². The Balaban J connectivity index is 2.73. The van der Waals surface area contributed by atoms with E-state index < -0.39 is 11.7 Å². The molecule has 2 aromatic rings. The van der Waals surface area contributed by atoms with Gasteiger partial charge in [-0.05, 0) is 0 Å². The van der Waals surface area contributed by atoms with Gasteiger partial charge in [-0.15, -0.1) is 0 Å². The molecule has 0 atom stereocenters. The zero-order valence-electron chi connectivity index (χ0n) is 10.6. The van der Waals surface area contributed by atoms with Crippen molar-refractivity contribution < 1.29 is 13.2 Å². The van der Waals surface area contributed by atoms with Crippen LogP contribution in [0.2, 0.25) is 5.15 Å². The van der Waals surface area contributed by atoms with Crippen LogP contribution < -0.4 is 4.48 Å². The standard InChI is InChI=1S/C14H4AsClF3N3/c15-12-9(5-20)11(10(6-21)13(16)22-12)7-1-3-8(4-2-7)14(17,18)19/h1-4H. The molecule has 0 aliphatic heterocycles. The molecule has 0 saturated heterocycles. The Labute approximate surface area is 137 Å². The predicted octanol–water partition coefficient (Wildman–Crippen LogP) is 2.96. The number of nitriles is 2. The third-order valence-corrected chi connectivity index (χ3v) is 3.81. The zero-order valence-corrected chi connectivity index (χ0v) is 13.2. The number of hydrogen-bond donors (Lipinski definition) is 0. The second-order valence-electron chi connectivity index (χ2n) is 4.15. The summed E-state index contributed by atoms with van der Waals surface area (Å²) in [6.07, 6.45) is -4.46. The van der Waals surface area contributed by atoms with Crippen LogP contribution in [0, 0.1) is 22.7 Å². The topological polar surface area (TPSA) is 60.5 Å². The van der Waals surface area contributed by atoms with E-state index in [1.807, 2.05) is 29.0 Å². The minimum atomic E-state index is -4.46. The first kappa shape index (κ1) is 16.4. The fraction of sp³-hybridized carbons (Fsp3) is 0.0714. The summed E-state index contributed by atoms with van der Waals surface area (Å²) in [6, 6.07) is 7.90. The Bertz CT molecular complexity index is 779. The van der Waals surface area contributed by atoms with Crippen molar-refractivity contribution in [3.8, 4) is 23.3 Å². The van der Waals surface area contributed by atoms with Crippen LogP contribution in [0.3, 0.4) is 0 Å². The molecule has 0 bridgehead atoms. The van der Waals surface area contributed by atoms with Gasteiger partial charge in [-0.3, -0.25) is 0 Å². The molecule has 2 radical (unpaired) electrons. The number of pyridine rings is 1. The van der Waals surface area contributed by atoms with Crippen LogP contribution in [0.5, 0.6) is 0 Å². The molecule has 1 aromatic heterocycles. The molecule has 0 fully saturated rings. The minimum absolute atomic E-state index is 0.0484. The van der Waals surface area contributed by atoms with Crippen molar-refractivity contribution in [2.75, 3.05) is 0 Å². The molecule has 0 saturated carbocycles. The summed E-state index contributed by atoms with van der Waals surface area (Å²) in [7, 11) is 0. The third kappa shape index (κ3) is 2.94. The summed E-state index contributed by atoms with van der Waals surface area (Å²) in [5, 5.41) is 18.3. The van der Waals surface area contributed by atoms with E-state index in [0.717, 1.165) is 12.1 Å². The SMILES string of the molecule is N#Cc1c(Cl)nc([As])c(C#N)c1-c1ccc(C(F)(F)F)cc1. The molecule has 2 rings (SSSR count). The predicted molar refractivity (Wildman–Crippen MR) is 74.5 cm³/mol. The van der Waals surface area contributed by atoms with Gasteiger partial charge in [0.25, 0.3) is 0 Å². The summed E-state index contributed by atoms with van der Waals surface area (Å²) in [6.45, 7) is 0. The van der Waals surface area contributed by atoms with E-state index in [-0.39, 0.29) is 31.9 Å². The van der Waals surface area contributed by atoms with Crippen LogP contribution in [0.4, 0.5) is 13.2 Å². The van der Waals surface area contributed by atoms with Crippen molar-refractivity contribution >= 4 is 32.9 Å². The first-order valence-electron chi connectivity index (χ1n) is 5.70. The molecular formula is C14H4AsClF3N3. The first-order chi connectivity index (χ1) is 10.3. The molecule has 0 amide bonds. The van der Waals surface area contributed by atoms with E-state index in [0.29, 0.717) is 0 Å². The number of benzene rings is 1. The number of rotatable bonds is 1.